The fourth-order valence-electron chi connectivity index (χ4n) is 2.76. The molecule has 0 aliphatic carbocycles. The fourth-order valence-corrected chi connectivity index (χ4v) is 3.06. The molecule has 0 aromatic heterocycles. The Morgan fingerprint density at radius 3 is 2.43 bits per heavy atom. The third-order valence-electron chi connectivity index (χ3n) is 4.50. The Hall–Kier alpha value is -1.50. The van der Waals surface area contributed by atoms with Gasteiger partial charge in [-0.25, -0.2) is 0 Å². The molecule has 0 saturated carbocycles. The Labute approximate surface area is 179 Å². The molecular weight excluding hydrogens is 397 g/mol. The molecule has 1 aromatic rings. The topological polar surface area (TPSA) is 68.8 Å². The first-order valence-electron chi connectivity index (χ1n) is 9.84. The van der Waals surface area contributed by atoms with Gasteiger partial charge in [-0.1, -0.05) is 37.0 Å². The van der Waals surface area contributed by atoms with E-state index >= 15 is 0 Å². The number of carbonyl (C=O) groups is 1. The van der Waals surface area contributed by atoms with E-state index in [0.717, 1.165) is 38.4 Å². The highest BCUT2D eigenvalue weighted by Crippen LogP contribution is 2.22. The average molecular weight is 430 g/mol. The van der Waals surface area contributed by atoms with Gasteiger partial charge in [-0.3, -0.25) is 9.79 Å². The van der Waals surface area contributed by atoms with E-state index < -0.39 is 0 Å². The largest absolute Gasteiger partial charge is 0.355 e. The van der Waals surface area contributed by atoms with Crippen LogP contribution in [0.1, 0.15) is 44.0 Å². The van der Waals surface area contributed by atoms with Gasteiger partial charge in [-0.2, -0.15) is 0 Å². The lowest BCUT2D eigenvalue weighted by atomic mass is 10.2. The molecule has 8 heteroatoms. The third-order valence-corrected chi connectivity index (χ3v) is 5.24. The lowest BCUT2D eigenvalue weighted by Crippen LogP contribution is -2.45. The van der Waals surface area contributed by atoms with Crippen LogP contribution in [0.3, 0.4) is 0 Å². The summed E-state index contributed by atoms with van der Waals surface area (Å²) in [5.41, 5.74) is 0.485. The van der Waals surface area contributed by atoms with Crippen molar-refractivity contribution in [1.82, 2.24) is 20.9 Å². The van der Waals surface area contributed by atoms with E-state index in [1.165, 1.54) is 0 Å². The van der Waals surface area contributed by atoms with Crippen molar-refractivity contribution in [3.05, 3.63) is 33.8 Å². The van der Waals surface area contributed by atoms with Gasteiger partial charge in [0.05, 0.1) is 10.0 Å². The summed E-state index contributed by atoms with van der Waals surface area (Å²) < 4.78 is 0. The summed E-state index contributed by atoms with van der Waals surface area (Å²) >= 11 is 11.8. The molecule has 1 amide bonds. The molecule has 0 fully saturated rings. The SMILES string of the molecule is CCN(CC)CCCC(C)NC(=NC)NCCNC(=O)c1ccc(Cl)c(Cl)c1. The molecule has 6 nitrogen and oxygen atoms in total. The van der Waals surface area contributed by atoms with E-state index in [9.17, 15) is 4.79 Å². The van der Waals surface area contributed by atoms with Crippen molar-refractivity contribution in [3.8, 4) is 0 Å². The van der Waals surface area contributed by atoms with Crippen molar-refractivity contribution < 1.29 is 4.79 Å². The van der Waals surface area contributed by atoms with Crippen LogP contribution in [-0.2, 0) is 0 Å². The Morgan fingerprint density at radius 1 is 1.14 bits per heavy atom. The number of carbonyl (C=O) groups excluding carboxylic acids is 1. The van der Waals surface area contributed by atoms with Crippen molar-refractivity contribution in [2.24, 2.45) is 4.99 Å². The van der Waals surface area contributed by atoms with Crippen molar-refractivity contribution in [2.45, 2.75) is 39.7 Å². The molecule has 1 unspecified atom stereocenters. The van der Waals surface area contributed by atoms with Crippen LogP contribution in [-0.4, -0.2) is 62.6 Å². The highest BCUT2D eigenvalue weighted by Gasteiger charge is 2.09. The number of benzene rings is 1. The molecule has 3 N–H and O–H groups in total. The Kier molecular flexibility index (Phi) is 12.0. The Morgan fingerprint density at radius 2 is 1.82 bits per heavy atom. The molecule has 28 heavy (non-hydrogen) atoms. The quantitative estimate of drug-likeness (QED) is 0.286. The molecule has 1 rings (SSSR count). The first-order valence-corrected chi connectivity index (χ1v) is 10.6. The third kappa shape index (κ3) is 9.13. The number of amides is 1. The number of hydrogen-bond acceptors (Lipinski definition) is 3. The summed E-state index contributed by atoms with van der Waals surface area (Å²) in [4.78, 5) is 18.8. The monoisotopic (exact) mass is 429 g/mol. The van der Waals surface area contributed by atoms with Gasteiger partial charge in [-0.05, 0) is 57.6 Å². The van der Waals surface area contributed by atoms with Crippen LogP contribution in [0.5, 0.6) is 0 Å². The van der Waals surface area contributed by atoms with Crippen LogP contribution in [0, 0.1) is 0 Å². The molecule has 0 radical (unpaired) electrons. The Bertz CT molecular complexity index is 635. The lowest BCUT2D eigenvalue weighted by molar-refractivity contribution is 0.0954. The molecule has 1 atom stereocenters. The second-order valence-corrected chi connectivity index (χ2v) is 7.41. The second kappa shape index (κ2) is 13.6. The van der Waals surface area contributed by atoms with Gasteiger partial charge in [0.25, 0.3) is 5.91 Å². The maximum absolute atomic E-state index is 12.1. The first kappa shape index (κ1) is 24.5. The van der Waals surface area contributed by atoms with E-state index in [1.807, 2.05) is 0 Å². The zero-order valence-corrected chi connectivity index (χ0v) is 18.8. The summed E-state index contributed by atoms with van der Waals surface area (Å²) in [6.45, 7) is 10.9. The zero-order valence-electron chi connectivity index (χ0n) is 17.3. The van der Waals surface area contributed by atoms with Crippen molar-refractivity contribution >= 4 is 35.1 Å². The van der Waals surface area contributed by atoms with E-state index in [0.29, 0.717) is 34.7 Å². The number of aliphatic imine (C=N–C) groups is 1. The molecule has 0 spiro atoms. The highest BCUT2D eigenvalue weighted by molar-refractivity contribution is 6.42. The van der Waals surface area contributed by atoms with Crippen LogP contribution < -0.4 is 16.0 Å². The number of nitrogens with zero attached hydrogens (tertiary/aromatic N) is 2. The van der Waals surface area contributed by atoms with Crippen LogP contribution in [0.25, 0.3) is 0 Å². The standard InChI is InChI=1S/C20H33Cl2N5O/c1-5-27(6-2)13-7-8-15(3)26-20(23-4)25-12-11-24-19(28)16-9-10-17(21)18(22)14-16/h9-10,14-15H,5-8,11-13H2,1-4H3,(H,24,28)(H2,23,25,26). The normalized spacial score (nSPS) is 12.8. The maximum atomic E-state index is 12.1. The average Bonchev–Trinajstić information content (AvgIpc) is 2.69. The van der Waals surface area contributed by atoms with Crippen LogP contribution in [0.15, 0.2) is 23.2 Å². The van der Waals surface area contributed by atoms with E-state index in [2.05, 4.69) is 46.6 Å². The zero-order chi connectivity index (χ0) is 20.9. The first-order chi connectivity index (χ1) is 13.4. The summed E-state index contributed by atoms with van der Waals surface area (Å²) in [6.07, 6.45) is 2.22. The van der Waals surface area contributed by atoms with Gasteiger partial charge in [0.15, 0.2) is 5.96 Å². The maximum Gasteiger partial charge on any atom is 0.251 e. The van der Waals surface area contributed by atoms with Crippen LogP contribution in [0.2, 0.25) is 10.0 Å². The van der Waals surface area contributed by atoms with E-state index in [1.54, 1.807) is 25.2 Å². The van der Waals surface area contributed by atoms with Crippen LogP contribution in [0.4, 0.5) is 0 Å². The number of hydrogen-bond donors (Lipinski definition) is 3. The van der Waals surface area contributed by atoms with E-state index in [-0.39, 0.29) is 5.91 Å². The summed E-state index contributed by atoms with van der Waals surface area (Å²) in [5, 5.41) is 10.2. The van der Waals surface area contributed by atoms with Gasteiger partial charge in [-0.15, -0.1) is 0 Å². The predicted molar refractivity (Wildman–Crippen MR) is 120 cm³/mol. The van der Waals surface area contributed by atoms with Gasteiger partial charge in [0.1, 0.15) is 0 Å². The molecule has 0 heterocycles. The van der Waals surface area contributed by atoms with Crippen molar-refractivity contribution in [1.29, 1.82) is 0 Å². The minimum absolute atomic E-state index is 0.187. The van der Waals surface area contributed by atoms with Crippen molar-refractivity contribution in [2.75, 3.05) is 39.8 Å². The smallest absolute Gasteiger partial charge is 0.251 e. The second-order valence-electron chi connectivity index (χ2n) is 6.60. The van der Waals surface area contributed by atoms with Crippen molar-refractivity contribution in [3.63, 3.8) is 0 Å². The Balaban J connectivity index is 2.28. The number of guanidine groups is 1. The molecule has 0 saturated heterocycles. The molecular formula is C20H33Cl2N5O. The summed E-state index contributed by atoms with van der Waals surface area (Å²) in [6, 6.07) is 5.15. The molecule has 1 aromatic carbocycles. The summed E-state index contributed by atoms with van der Waals surface area (Å²) in [7, 11) is 1.74. The van der Waals surface area contributed by atoms with Gasteiger partial charge in [0, 0.05) is 31.7 Å². The van der Waals surface area contributed by atoms with Gasteiger partial charge >= 0.3 is 0 Å². The van der Waals surface area contributed by atoms with E-state index in [4.69, 9.17) is 23.2 Å². The lowest BCUT2D eigenvalue weighted by Gasteiger charge is -2.21. The molecule has 0 bridgehead atoms. The molecule has 158 valence electrons. The predicted octanol–water partition coefficient (Wildman–Crippen LogP) is 3.40. The number of rotatable bonds is 11. The number of halogens is 2. The van der Waals surface area contributed by atoms with Crippen LogP contribution >= 0.6 is 23.2 Å². The van der Waals surface area contributed by atoms with Gasteiger partial charge in [0.2, 0.25) is 0 Å². The minimum Gasteiger partial charge on any atom is -0.355 e. The molecule has 0 aliphatic heterocycles. The van der Waals surface area contributed by atoms with Gasteiger partial charge < -0.3 is 20.9 Å². The fraction of sp³-hybridized carbons (Fsp3) is 0.600. The number of nitrogens with one attached hydrogen (secondary N) is 3. The summed E-state index contributed by atoms with van der Waals surface area (Å²) in [5.74, 6) is 0.548. The highest BCUT2D eigenvalue weighted by atomic mass is 35.5. The molecule has 0 aliphatic rings. The minimum atomic E-state index is -0.187.